The van der Waals surface area contributed by atoms with Gasteiger partial charge in [-0.25, -0.2) is 0 Å². The molecule has 0 aromatic heterocycles. The van der Waals surface area contributed by atoms with Gasteiger partial charge in [-0.3, -0.25) is 9.59 Å². The molecule has 2 nitrogen and oxygen atoms in total. The van der Waals surface area contributed by atoms with Crippen LogP contribution in [0.4, 0.5) is 0 Å². The lowest BCUT2D eigenvalue weighted by Gasteiger charge is -2.29. The number of halogens is 1. The Morgan fingerprint density at radius 2 is 1.56 bits per heavy atom. The van der Waals surface area contributed by atoms with E-state index in [9.17, 15) is 9.59 Å². The minimum Gasteiger partial charge on any atom is -0.294 e. The van der Waals surface area contributed by atoms with Crippen LogP contribution in [0.2, 0.25) is 0 Å². The Labute approximate surface area is 121 Å². The maximum Gasteiger partial charge on any atom is 0.168 e. The molecule has 1 aliphatic carbocycles. The van der Waals surface area contributed by atoms with Gasteiger partial charge in [0.2, 0.25) is 0 Å². The Balaban J connectivity index is 2.44. The number of allylic oxidation sites excluding steroid dienone is 1. The summed E-state index contributed by atoms with van der Waals surface area (Å²) in [5.74, 6) is -0.0472. The second kappa shape index (κ2) is 4.96. The van der Waals surface area contributed by atoms with Crippen LogP contribution in [0, 0.1) is 5.41 Å². The molecule has 0 aliphatic heterocycles. The molecule has 0 heterocycles. The van der Waals surface area contributed by atoms with Gasteiger partial charge < -0.3 is 0 Å². The SMILES string of the molecule is CC1(C)CC(=O)C(=C(I)c2ccccc2)C(=O)C1. The topological polar surface area (TPSA) is 34.1 Å². The maximum absolute atomic E-state index is 12.2. The van der Waals surface area contributed by atoms with Gasteiger partial charge >= 0.3 is 0 Å². The number of carbonyl (C=O) groups excluding carboxylic acids is 2. The van der Waals surface area contributed by atoms with E-state index >= 15 is 0 Å². The first-order valence-corrected chi connectivity index (χ1v) is 7.00. The molecule has 1 aliphatic rings. The monoisotopic (exact) mass is 354 g/mol. The van der Waals surface area contributed by atoms with Gasteiger partial charge in [-0.2, -0.15) is 0 Å². The lowest BCUT2D eigenvalue weighted by molar-refractivity contribution is -0.127. The van der Waals surface area contributed by atoms with Crippen molar-refractivity contribution >= 4 is 37.7 Å². The van der Waals surface area contributed by atoms with E-state index in [1.807, 2.05) is 44.2 Å². The van der Waals surface area contributed by atoms with Crippen LogP contribution in [0.5, 0.6) is 0 Å². The summed E-state index contributed by atoms with van der Waals surface area (Å²) in [5, 5.41) is 0. The van der Waals surface area contributed by atoms with Crippen molar-refractivity contribution in [3.05, 3.63) is 41.5 Å². The van der Waals surface area contributed by atoms with Crippen molar-refractivity contribution in [2.24, 2.45) is 5.41 Å². The average Bonchev–Trinajstić information content (AvgIpc) is 2.27. The molecule has 0 N–H and O–H groups in total. The summed E-state index contributed by atoms with van der Waals surface area (Å²) in [5.41, 5.74) is 1.13. The molecule has 1 aromatic rings. The molecule has 0 atom stereocenters. The quantitative estimate of drug-likeness (QED) is 0.437. The average molecular weight is 354 g/mol. The van der Waals surface area contributed by atoms with E-state index < -0.39 is 0 Å². The summed E-state index contributed by atoms with van der Waals surface area (Å²) in [7, 11) is 0. The van der Waals surface area contributed by atoms with Gasteiger partial charge in [0.25, 0.3) is 0 Å². The first kappa shape index (κ1) is 13.5. The molecule has 2 rings (SSSR count). The summed E-state index contributed by atoms with van der Waals surface area (Å²) < 4.78 is 0.777. The minimum absolute atomic E-state index is 0.0236. The van der Waals surface area contributed by atoms with E-state index in [-0.39, 0.29) is 17.0 Å². The molecule has 0 amide bonds. The molecule has 0 saturated heterocycles. The molecule has 1 saturated carbocycles. The molecule has 94 valence electrons. The third-order valence-electron chi connectivity index (χ3n) is 3.08. The Bertz CT molecular complexity index is 505. The third-order valence-corrected chi connectivity index (χ3v) is 4.24. The lowest BCUT2D eigenvalue weighted by atomic mass is 9.74. The first-order valence-electron chi connectivity index (χ1n) is 5.92. The van der Waals surface area contributed by atoms with E-state index in [1.54, 1.807) is 0 Å². The van der Waals surface area contributed by atoms with Crippen molar-refractivity contribution < 1.29 is 9.59 Å². The van der Waals surface area contributed by atoms with Crippen molar-refractivity contribution in [3.8, 4) is 0 Å². The number of benzene rings is 1. The highest BCUT2D eigenvalue weighted by molar-refractivity contribution is 14.1. The first-order chi connectivity index (χ1) is 8.41. The Morgan fingerprint density at radius 3 is 2.06 bits per heavy atom. The van der Waals surface area contributed by atoms with E-state index in [0.29, 0.717) is 18.4 Å². The molecule has 1 fully saturated rings. The summed E-state index contributed by atoms with van der Waals surface area (Å²) >= 11 is 2.11. The van der Waals surface area contributed by atoms with Crippen LogP contribution in [0.25, 0.3) is 3.58 Å². The van der Waals surface area contributed by atoms with Crippen molar-refractivity contribution in [2.75, 3.05) is 0 Å². The van der Waals surface area contributed by atoms with Crippen LogP contribution in [0.3, 0.4) is 0 Å². The van der Waals surface area contributed by atoms with Crippen molar-refractivity contribution in [3.63, 3.8) is 0 Å². The fourth-order valence-electron chi connectivity index (χ4n) is 2.24. The zero-order valence-corrected chi connectivity index (χ0v) is 12.7. The smallest absolute Gasteiger partial charge is 0.168 e. The number of Topliss-reactive ketones (excluding diaryl/α,β-unsaturated/α-hetero) is 2. The highest BCUT2D eigenvalue weighted by atomic mass is 127. The predicted molar refractivity (Wildman–Crippen MR) is 80.4 cm³/mol. The molecule has 0 spiro atoms. The van der Waals surface area contributed by atoms with Gasteiger partial charge in [0.05, 0.1) is 5.57 Å². The molecule has 1 aromatic carbocycles. The normalized spacial score (nSPS) is 18.9. The summed E-state index contributed by atoms with van der Waals surface area (Å²) in [6.45, 7) is 3.93. The number of rotatable bonds is 1. The highest BCUT2D eigenvalue weighted by Crippen LogP contribution is 2.38. The van der Waals surface area contributed by atoms with Crippen LogP contribution in [-0.2, 0) is 9.59 Å². The van der Waals surface area contributed by atoms with E-state index in [1.165, 1.54) is 0 Å². The number of hydrogen-bond acceptors (Lipinski definition) is 2. The minimum atomic E-state index is -0.203. The van der Waals surface area contributed by atoms with Gasteiger partial charge in [-0.15, -0.1) is 0 Å². The molecule has 0 unspecified atom stereocenters. The van der Waals surface area contributed by atoms with E-state index in [4.69, 9.17) is 0 Å². The zero-order valence-electron chi connectivity index (χ0n) is 10.5. The Kier molecular flexibility index (Phi) is 3.71. The summed E-state index contributed by atoms with van der Waals surface area (Å²) in [4.78, 5) is 24.3. The predicted octanol–water partition coefficient (Wildman–Crippen LogP) is 3.79. The zero-order chi connectivity index (χ0) is 13.3. The van der Waals surface area contributed by atoms with Crippen LogP contribution in [0.15, 0.2) is 35.9 Å². The fraction of sp³-hybridized carbons (Fsp3) is 0.333. The molecule has 3 heteroatoms. The Hall–Kier alpha value is -0.970. The molecular weight excluding hydrogens is 339 g/mol. The largest absolute Gasteiger partial charge is 0.294 e. The molecule has 0 radical (unpaired) electrons. The number of hydrogen-bond donors (Lipinski definition) is 0. The number of ketones is 2. The van der Waals surface area contributed by atoms with Crippen LogP contribution < -0.4 is 0 Å². The second-order valence-corrected chi connectivity index (χ2v) is 6.50. The van der Waals surface area contributed by atoms with Gasteiger partial charge in [-0.05, 0) is 33.6 Å². The van der Waals surface area contributed by atoms with E-state index in [2.05, 4.69) is 22.6 Å². The standard InChI is InChI=1S/C15H15IO2/c1-15(2)8-11(17)13(12(18)9-15)14(16)10-6-4-3-5-7-10/h3-7H,8-9H2,1-2H3. The summed E-state index contributed by atoms with van der Waals surface area (Å²) in [6.07, 6.45) is 0.904. The van der Waals surface area contributed by atoms with Crippen LogP contribution in [0.1, 0.15) is 32.3 Å². The van der Waals surface area contributed by atoms with Crippen LogP contribution >= 0.6 is 22.6 Å². The van der Waals surface area contributed by atoms with Crippen molar-refractivity contribution in [2.45, 2.75) is 26.7 Å². The van der Waals surface area contributed by atoms with Gasteiger partial charge in [0.1, 0.15) is 0 Å². The van der Waals surface area contributed by atoms with Crippen molar-refractivity contribution in [1.29, 1.82) is 0 Å². The molecule has 18 heavy (non-hydrogen) atoms. The number of carbonyl (C=O) groups is 2. The molecular formula is C15H15IO2. The lowest BCUT2D eigenvalue weighted by Crippen LogP contribution is -2.31. The third kappa shape index (κ3) is 2.71. The highest BCUT2D eigenvalue weighted by Gasteiger charge is 2.37. The van der Waals surface area contributed by atoms with Gasteiger partial charge in [-0.1, -0.05) is 44.2 Å². The van der Waals surface area contributed by atoms with Crippen LogP contribution in [-0.4, -0.2) is 11.6 Å². The van der Waals surface area contributed by atoms with Crippen molar-refractivity contribution in [1.82, 2.24) is 0 Å². The van der Waals surface area contributed by atoms with Gasteiger partial charge in [0.15, 0.2) is 11.6 Å². The van der Waals surface area contributed by atoms with Gasteiger partial charge in [0, 0.05) is 16.4 Å². The summed E-state index contributed by atoms with van der Waals surface area (Å²) in [6, 6.07) is 9.60. The Morgan fingerprint density at radius 1 is 1.06 bits per heavy atom. The molecule has 0 bridgehead atoms. The fourth-order valence-corrected chi connectivity index (χ4v) is 3.20. The second-order valence-electron chi connectivity index (χ2n) is 5.42. The maximum atomic E-state index is 12.2. The van der Waals surface area contributed by atoms with E-state index in [0.717, 1.165) is 9.14 Å².